The zero-order valence-corrected chi connectivity index (χ0v) is 14.5. The number of hydrogen-bond donors (Lipinski definition) is 0. The summed E-state index contributed by atoms with van der Waals surface area (Å²) < 4.78 is 2.43. The highest BCUT2D eigenvalue weighted by atomic mass is 15.0. The van der Waals surface area contributed by atoms with Gasteiger partial charge in [-0.2, -0.15) is 0 Å². The summed E-state index contributed by atoms with van der Waals surface area (Å²) in [5.74, 6) is 1.09. The van der Waals surface area contributed by atoms with Crippen molar-refractivity contribution in [3.63, 3.8) is 0 Å². The van der Waals surface area contributed by atoms with Crippen LogP contribution in [0.3, 0.4) is 0 Å². The molecule has 0 amide bonds. The van der Waals surface area contributed by atoms with Gasteiger partial charge in [0.05, 0.1) is 11.0 Å². The van der Waals surface area contributed by atoms with Crippen LogP contribution in [0.5, 0.6) is 0 Å². The molecule has 0 N–H and O–H groups in total. The Bertz CT molecular complexity index is 1170. The molecule has 2 atom stereocenters. The molecule has 1 aromatic heterocycles. The van der Waals surface area contributed by atoms with Crippen LogP contribution in [-0.2, 0) is 6.42 Å². The maximum Gasteiger partial charge on any atom is 0.0540 e. The fourth-order valence-electron chi connectivity index (χ4n) is 4.87. The number of fused-ring (bicyclic) bond motifs is 6. The number of hydrogen-bond acceptors (Lipinski definition) is 0. The second-order valence-corrected chi connectivity index (χ2v) is 7.41. The van der Waals surface area contributed by atoms with Gasteiger partial charge in [0.1, 0.15) is 0 Å². The predicted octanol–water partition coefficient (Wildman–Crippen LogP) is 6.16. The van der Waals surface area contributed by atoms with Crippen molar-refractivity contribution in [3.05, 3.63) is 102 Å². The summed E-state index contributed by atoms with van der Waals surface area (Å²) in [6.07, 6.45) is 8.39. The standard InChI is InChI=1S/C25H19N/c1-2-8-20-17(7-1)15-18-13-14-19(16-23(18)20)26-24-11-5-3-9-21(24)22-10-4-6-12-25(22)26/h1-14,16,18,23H,15H2. The minimum absolute atomic E-state index is 0.492. The van der Waals surface area contributed by atoms with Gasteiger partial charge in [-0.3, -0.25) is 0 Å². The molecule has 3 aromatic carbocycles. The number of allylic oxidation sites excluding steroid dienone is 4. The molecule has 6 rings (SSSR count). The third kappa shape index (κ3) is 1.86. The number of nitrogens with zero attached hydrogens (tertiary/aromatic N) is 1. The van der Waals surface area contributed by atoms with Crippen LogP contribution in [0.4, 0.5) is 0 Å². The lowest BCUT2D eigenvalue weighted by atomic mass is 9.88. The molecule has 0 aliphatic heterocycles. The molecule has 0 saturated heterocycles. The maximum absolute atomic E-state index is 2.48. The molecule has 1 nitrogen and oxygen atoms in total. The van der Waals surface area contributed by atoms with Gasteiger partial charge < -0.3 is 4.57 Å². The van der Waals surface area contributed by atoms with E-state index in [0.29, 0.717) is 11.8 Å². The van der Waals surface area contributed by atoms with Crippen molar-refractivity contribution < 1.29 is 0 Å². The molecular weight excluding hydrogens is 314 g/mol. The summed E-state index contributed by atoms with van der Waals surface area (Å²) in [5, 5.41) is 2.65. The smallest absolute Gasteiger partial charge is 0.0540 e. The fraction of sp³-hybridized carbons (Fsp3) is 0.120. The Hall–Kier alpha value is -3.06. The number of rotatable bonds is 1. The molecule has 1 heterocycles. The molecule has 0 saturated carbocycles. The van der Waals surface area contributed by atoms with E-state index in [0.717, 1.165) is 6.42 Å². The van der Waals surface area contributed by atoms with Gasteiger partial charge in [-0.05, 0) is 41.7 Å². The van der Waals surface area contributed by atoms with E-state index in [1.165, 1.54) is 38.6 Å². The van der Waals surface area contributed by atoms with Gasteiger partial charge in [-0.1, -0.05) is 72.8 Å². The van der Waals surface area contributed by atoms with Crippen LogP contribution in [-0.4, -0.2) is 4.57 Å². The van der Waals surface area contributed by atoms with Gasteiger partial charge in [0.15, 0.2) is 0 Å². The van der Waals surface area contributed by atoms with Crippen LogP contribution in [0.25, 0.3) is 27.5 Å². The van der Waals surface area contributed by atoms with E-state index in [1.54, 1.807) is 0 Å². The highest BCUT2D eigenvalue weighted by molar-refractivity contribution is 6.10. The van der Waals surface area contributed by atoms with Gasteiger partial charge in [0.2, 0.25) is 0 Å². The Morgan fingerprint density at radius 1 is 0.731 bits per heavy atom. The third-order valence-electron chi connectivity index (χ3n) is 6.03. The molecule has 2 aliphatic carbocycles. The average Bonchev–Trinajstić information content (AvgIpc) is 3.23. The van der Waals surface area contributed by atoms with E-state index >= 15 is 0 Å². The molecule has 0 fully saturated rings. The molecule has 1 heteroatoms. The minimum Gasteiger partial charge on any atom is -0.310 e. The van der Waals surface area contributed by atoms with Crippen molar-refractivity contribution in [1.82, 2.24) is 4.57 Å². The lowest BCUT2D eigenvalue weighted by Gasteiger charge is -2.21. The summed E-state index contributed by atoms with van der Waals surface area (Å²) in [4.78, 5) is 0. The second-order valence-electron chi connectivity index (χ2n) is 7.41. The van der Waals surface area contributed by atoms with E-state index in [9.17, 15) is 0 Å². The summed E-state index contributed by atoms with van der Waals surface area (Å²) in [6, 6.07) is 26.4. The number of para-hydroxylation sites is 2. The van der Waals surface area contributed by atoms with Crippen LogP contribution in [0, 0.1) is 5.92 Å². The molecule has 0 radical (unpaired) electrons. The first-order valence-corrected chi connectivity index (χ1v) is 9.36. The Kier molecular flexibility index (Phi) is 2.84. The van der Waals surface area contributed by atoms with Crippen molar-refractivity contribution in [2.24, 2.45) is 5.92 Å². The first-order valence-electron chi connectivity index (χ1n) is 9.36. The average molecular weight is 333 g/mol. The van der Waals surface area contributed by atoms with Gasteiger partial charge in [-0.25, -0.2) is 0 Å². The predicted molar refractivity (Wildman–Crippen MR) is 109 cm³/mol. The van der Waals surface area contributed by atoms with Gasteiger partial charge in [0.25, 0.3) is 0 Å². The van der Waals surface area contributed by atoms with E-state index < -0.39 is 0 Å². The lowest BCUT2D eigenvalue weighted by molar-refractivity contribution is 0.630. The van der Waals surface area contributed by atoms with Gasteiger partial charge >= 0.3 is 0 Å². The summed E-state index contributed by atoms with van der Waals surface area (Å²) in [7, 11) is 0. The first-order chi connectivity index (χ1) is 12.9. The van der Waals surface area contributed by atoms with Gasteiger partial charge in [-0.15, -0.1) is 0 Å². The highest BCUT2D eigenvalue weighted by Crippen LogP contribution is 2.44. The van der Waals surface area contributed by atoms with E-state index in [1.807, 2.05) is 0 Å². The molecular formula is C25H19N. The zero-order valence-electron chi connectivity index (χ0n) is 14.5. The quantitative estimate of drug-likeness (QED) is 0.393. The Morgan fingerprint density at radius 3 is 2.15 bits per heavy atom. The van der Waals surface area contributed by atoms with Crippen LogP contribution >= 0.6 is 0 Å². The minimum atomic E-state index is 0.492. The molecule has 4 aromatic rings. The van der Waals surface area contributed by atoms with Gasteiger partial charge in [0, 0.05) is 22.4 Å². The lowest BCUT2D eigenvalue weighted by Crippen LogP contribution is -2.09. The van der Waals surface area contributed by atoms with Crippen molar-refractivity contribution in [1.29, 1.82) is 0 Å². The normalized spacial score (nSPS) is 21.0. The van der Waals surface area contributed by atoms with Crippen LogP contribution in [0.1, 0.15) is 17.0 Å². The van der Waals surface area contributed by atoms with Crippen LogP contribution in [0.15, 0.2) is 91.0 Å². The summed E-state index contributed by atoms with van der Waals surface area (Å²) in [5.41, 5.74) is 6.87. The van der Waals surface area contributed by atoms with Crippen LogP contribution < -0.4 is 0 Å². The zero-order chi connectivity index (χ0) is 17.1. The number of aromatic nitrogens is 1. The molecule has 0 spiro atoms. The highest BCUT2D eigenvalue weighted by Gasteiger charge is 2.31. The molecule has 124 valence electrons. The molecule has 2 unspecified atom stereocenters. The second kappa shape index (κ2) is 5.22. The van der Waals surface area contributed by atoms with E-state index in [-0.39, 0.29) is 0 Å². The molecule has 26 heavy (non-hydrogen) atoms. The largest absolute Gasteiger partial charge is 0.310 e. The topological polar surface area (TPSA) is 4.93 Å². The van der Waals surface area contributed by atoms with Crippen molar-refractivity contribution in [2.45, 2.75) is 12.3 Å². The SMILES string of the molecule is C1=CC2Cc3ccccc3C2C=C1n1c2ccccc2c2ccccc21. The van der Waals surface area contributed by atoms with Crippen molar-refractivity contribution >= 4 is 27.5 Å². The first kappa shape index (κ1) is 14.1. The Labute approximate surface area is 152 Å². The monoisotopic (exact) mass is 333 g/mol. The van der Waals surface area contributed by atoms with Crippen molar-refractivity contribution in [2.75, 3.05) is 0 Å². The van der Waals surface area contributed by atoms with E-state index in [2.05, 4.69) is 95.6 Å². The fourth-order valence-corrected chi connectivity index (χ4v) is 4.87. The molecule has 0 bridgehead atoms. The summed E-state index contributed by atoms with van der Waals surface area (Å²) in [6.45, 7) is 0. The third-order valence-corrected chi connectivity index (χ3v) is 6.03. The maximum atomic E-state index is 2.48. The summed E-state index contributed by atoms with van der Waals surface area (Å²) >= 11 is 0. The molecule has 2 aliphatic rings. The van der Waals surface area contributed by atoms with E-state index in [4.69, 9.17) is 0 Å². The van der Waals surface area contributed by atoms with Crippen molar-refractivity contribution in [3.8, 4) is 0 Å². The Balaban J connectivity index is 1.61. The number of benzene rings is 3. The van der Waals surface area contributed by atoms with Crippen LogP contribution in [0.2, 0.25) is 0 Å². The Morgan fingerprint density at radius 2 is 1.38 bits per heavy atom.